The third kappa shape index (κ3) is 4.12. The first kappa shape index (κ1) is 31.3. The van der Waals surface area contributed by atoms with Crippen molar-refractivity contribution in [2.75, 3.05) is 6.61 Å². The van der Waals surface area contributed by atoms with Crippen LogP contribution in [0.15, 0.2) is 47.4 Å². The number of allylic oxidation sites excluding steroid dienone is 2. The van der Waals surface area contributed by atoms with E-state index in [0.29, 0.717) is 37.1 Å². The molecule has 9 heteroatoms. The Bertz CT molecular complexity index is 1450. The molecule has 1 aromatic rings. The Kier molecular flexibility index (Phi) is 7.80. The molecule has 7 nitrogen and oxygen atoms in total. The van der Waals surface area contributed by atoms with Crippen LogP contribution in [0, 0.1) is 28.6 Å². The molecular formula is C35H42ClFO7. The third-order valence-electron chi connectivity index (χ3n) is 11.7. The summed E-state index contributed by atoms with van der Waals surface area (Å²) in [5, 5.41) is 11.9. The molecule has 5 aliphatic rings. The Morgan fingerprint density at radius 2 is 1.95 bits per heavy atom. The van der Waals surface area contributed by atoms with Crippen LogP contribution < -0.4 is 0 Å². The van der Waals surface area contributed by atoms with E-state index in [1.54, 1.807) is 6.92 Å². The minimum absolute atomic E-state index is 0.00611. The van der Waals surface area contributed by atoms with E-state index < -0.39 is 64.2 Å². The molecule has 3 saturated carbocycles. The number of ketones is 2. The fourth-order valence-corrected chi connectivity index (χ4v) is 9.80. The molecule has 1 N–H and O–H groups in total. The van der Waals surface area contributed by atoms with E-state index in [9.17, 15) is 19.5 Å². The maximum atomic E-state index is 18.3. The van der Waals surface area contributed by atoms with Gasteiger partial charge in [0.05, 0.1) is 11.5 Å². The molecule has 0 spiro atoms. The number of esters is 1. The largest absolute Gasteiger partial charge is 0.485 e. The summed E-state index contributed by atoms with van der Waals surface area (Å²) in [6.07, 6.45) is 2.71. The fraction of sp³-hybridized carbons (Fsp3) is 0.629. The van der Waals surface area contributed by atoms with E-state index in [1.165, 1.54) is 6.08 Å². The van der Waals surface area contributed by atoms with Crippen LogP contribution in [0.2, 0.25) is 0 Å². The number of aliphatic hydroxyl groups excluding tert-OH is 1. The number of Topliss-reactive ketones (excluding diaryl/α,β-unsaturated/α-hetero) is 1. The van der Waals surface area contributed by atoms with Gasteiger partial charge in [0.25, 0.3) is 0 Å². The Labute approximate surface area is 263 Å². The van der Waals surface area contributed by atoms with E-state index in [4.69, 9.17) is 25.8 Å². The summed E-state index contributed by atoms with van der Waals surface area (Å²) in [6.45, 7) is 6.89. The molecule has 1 aromatic carbocycles. The zero-order chi connectivity index (χ0) is 31.7. The lowest BCUT2D eigenvalue weighted by molar-refractivity contribution is -0.239. The quantitative estimate of drug-likeness (QED) is 0.267. The zero-order valence-corrected chi connectivity index (χ0v) is 26.7. The molecule has 2 unspecified atom stereocenters. The molecule has 1 heterocycles. The second-order valence-corrected chi connectivity index (χ2v) is 14.1. The number of rotatable bonds is 8. The van der Waals surface area contributed by atoms with Crippen molar-refractivity contribution in [3.63, 3.8) is 0 Å². The van der Waals surface area contributed by atoms with Gasteiger partial charge in [0, 0.05) is 29.6 Å². The van der Waals surface area contributed by atoms with Gasteiger partial charge in [-0.3, -0.25) is 14.4 Å². The molecule has 6 rings (SSSR count). The lowest BCUT2D eigenvalue weighted by Gasteiger charge is -2.64. The van der Waals surface area contributed by atoms with Crippen molar-refractivity contribution < 1.29 is 38.1 Å². The monoisotopic (exact) mass is 628 g/mol. The zero-order valence-electron chi connectivity index (χ0n) is 25.9. The summed E-state index contributed by atoms with van der Waals surface area (Å²) in [5.41, 5.74) is -4.18. The van der Waals surface area contributed by atoms with Crippen molar-refractivity contribution in [3.8, 4) is 0 Å². The Hall–Kier alpha value is -2.71. The van der Waals surface area contributed by atoms with E-state index in [2.05, 4.69) is 0 Å². The second kappa shape index (κ2) is 11.0. The van der Waals surface area contributed by atoms with Crippen molar-refractivity contribution >= 4 is 29.1 Å². The molecule has 238 valence electrons. The van der Waals surface area contributed by atoms with Gasteiger partial charge in [-0.1, -0.05) is 51.5 Å². The number of carbonyl (C=O) groups excluding carboxylic acids is 3. The standard InChI is InChI=1S/C35H42ClFO7/c1-5-6-10-29(41)44-35-20(2)13-25-24-12-11-23-15-26(38)30(42-18-22-9-7-8-21(14-22)17-36)31(43-19-28(35)40)33(23,4)34(24,37)27(39)16-32(25,35)3/h7-9,14-15,20,24-25,27,39H,5-6,10-13,16-19H2,1-4H3/t20-,24-,25?,27-,32-,33+,34?,35-/m0/s1. The average molecular weight is 629 g/mol. The Morgan fingerprint density at radius 3 is 2.68 bits per heavy atom. The maximum Gasteiger partial charge on any atom is 0.306 e. The molecular weight excluding hydrogens is 587 g/mol. The van der Waals surface area contributed by atoms with Crippen LogP contribution in [0.4, 0.5) is 4.39 Å². The van der Waals surface area contributed by atoms with Gasteiger partial charge in [0.15, 0.2) is 23.6 Å². The molecule has 4 aliphatic carbocycles. The van der Waals surface area contributed by atoms with Crippen molar-refractivity contribution in [1.82, 2.24) is 0 Å². The number of carbonyl (C=O) groups is 3. The van der Waals surface area contributed by atoms with Crippen LogP contribution in [0.5, 0.6) is 0 Å². The first-order valence-electron chi connectivity index (χ1n) is 15.9. The van der Waals surface area contributed by atoms with Crippen LogP contribution in [0.3, 0.4) is 0 Å². The molecule has 6 bridgehead atoms. The SMILES string of the molecule is CCCCC(=O)O[C@]12C(=O)COC3=C(OCc4cccc(CCl)c4)C(=O)C=C4CC[C@H]5C(C[C@@H]1C)[C@]2(C)C[C@H](O)C5(F)[C@]43C. The highest BCUT2D eigenvalue weighted by atomic mass is 35.5. The van der Waals surface area contributed by atoms with Gasteiger partial charge in [-0.25, -0.2) is 4.39 Å². The van der Waals surface area contributed by atoms with Crippen molar-refractivity contribution in [1.29, 1.82) is 0 Å². The summed E-state index contributed by atoms with van der Waals surface area (Å²) >= 11 is 6.01. The highest BCUT2D eigenvalue weighted by molar-refractivity contribution is 6.17. The van der Waals surface area contributed by atoms with Gasteiger partial charge in [-0.15, -0.1) is 11.6 Å². The predicted octanol–water partition coefficient (Wildman–Crippen LogP) is 6.29. The minimum atomic E-state index is -2.22. The first-order chi connectivity index (χ1) is 20.9. The first-order valence-corrected chi connectivity index (χ1v) is 16.4. The Balaban J connectivity index is 1.50. The highest BCUT2D eigenvalue weighted by Gasteiger charge is 2.79. The minimum Gasteiger partial charge on any atom is -0.485 e. The molecule has 44 heavy (non-hydrogen) atoms. The number of hydrogen-bond acceptors (Lipinski definition) is 7. The van der Waals surface area contributed by atoms with Crippen LogP contribution >= 0.6 is 11.6 Å². The Morgan fingerprint density at radius 1 is 1.20 bits per heavy atom. The molecule has 4 fully saturated rings. The molecule has 0 aromatic heterocycles. The lowest BCUT2D eigenvalue weighted by atomic mass is 9.44. The number of aliphatic hydroxyl groups is 1. The molecule has 1 aliphatic heterocycles. The number of benzene rings is 1. The second-order valence-electron chi connectivity index (χ2n) is 13.9. The summed E-state index contributed by atoms with van der Waals surface area (Å²) in [6, 6.07) is 7.42. The van der Waals surface area contributed by atoms with E-state index in [-0.39, 0.29) is 36.9 Å². The predicted molar refractivity (Wildman–Crippen MR) is 161 cm³/mol. The smallest absolute Gasteiger partial charge is 0.306 e. The van der Waals surface area contributed by atoms with Gasteiger partial charge in [-0.2, -0.15) is 0 Å². The van der Waals surface area contributed by atoms with Crippen molar-refractivity contribution in [3.05, 3.63) is 58.6 Å². The lowest BCUT2D eigenvalue weighted by Crippen LogP contribution is -2.71. The number of hydrogen-bond donors (Lipinski definition) is 1. The summed E-state index contributed by atoms with van der Waals surface area (Å²) < 4.78 is 36.9. The van der Waals surface area contributed by atoms with Crippen LogP contribution in [-0.4, -0.2) is 46.6 Å². The molecule has 0 amide bonds. The van der Waals surface area contributed by atoms with Gasteiger partial charge >= 0.3 is 5.97 Å². The molecule has 1 saturated heterocycles. The van der Waals surface area contributed by atoms with Crippen molar-refractivity contribution in [2.24, 2.45) is 28.6 Å². The summed E-state index contributed by atoms with van der Waals surface area (Å²) in [5.74, 6) is -2.75. The van der Waals surface area contributed by atoms with Gasteiger partial charge in [0.2, 0.25) is 17.3 Å². The number of unbranched alkanes of at least 4 members (excludes halogenated alkanes) is 1. The number of halogens is 2. The van der Waals surface area contributed by atoms with Gasteiger partial charge < -0.3 is 19.3 Å². The van der Waals surface area contributed by atoms with E-state index in [0.717, 1.165) is 17.5 Å². The van der Waals surface area contributed by atoms with Crippen LogP contribution in [-0.2, 0) is 41.1 Å². The highest BCUT2D eigenvalue weighted by Crippen LogP contribution is 2.73. The number of alkyl halides is 2. The van der Waals surface area contributed by atoms with E-state index >= 15 is 4.39 Å². The summed E-state index contributed by atoms with van der Waals surface area (Å²) in [7, 11) is 0. The van der Waals surface area contributed by atoms with Crippen LogP contribution in [0.1, 0.15) is 83.8 Å². The molecule has 8 atom stereocenters. The summed E-state index contributed by atoms with van der Waals surface area (Å²) in [4.78, 5) is 41.3. The topological polar surface area (TPSA) is 99.1 Å². The average Bonchev–Trinajstić information content (AvgIpc) is 3.20. The fourth-order valence-electron chi connectivity index (χ4n) is 9.64. The van der Waals surface area contributed by atoms with Crippen molar-refractivity contribution in [2.45, 2.75) is 103 Å². The van der Waals surface area contributed by atoms with Crippen LogP contribution in [0.25, 0.3) is 0 Å². The third-order valence-corrected chi connectivity index (χ3v) is 12.0. The normalized spacial score (nSPS) is 39.1. The maximum absolute atomic E-state index is 18.3. The number of ether oxygens (including phenoxy) is 3. The van der Waals surface area contributed by atoms with E-state index in [1.807, 2.05) is 45.0 Å². The van der Waals surface area contributed by atoms with Gasteiger partial charge in [0.1, 0.15) is 6.61 Å². The van der Waals surface area contributed by atoms with Gasteiger partial charge in [-0.05, 0) is 67.7 Å². The molecule has 0 radical (unpaired) electrons.